The Morgan fingerprint density at radius 1 is 1.46 bits per heavy atom. The Hall–Kier alpha value is -1.18. The molecule has 1 aliphatic heterocycles. The Balaban J connectivity index is 2.48. The summed E-state index contributed by atoms with van der Waals surface area (Å²) in [6, 6.07) is 4.29. The van der Waals surface area contributed by atoms with Crippen molar-refractivity contribution in [2.75, 3.05) is 18.5 Å². The first kappa shape index (κ1) is 8.42. The van der Waals surface area contributed by atoms with Gasteiger partial charge < -0.3 is 10.1 Å². The smallest absolute Gasteiger partial charge is 0.145 e. The molecular weight excluding hydrogens is 162 g/mol. The van der Waals surface area contributed by atoms with E-state index in [0.717, 1.165) is 31.0 Å². The van der Waals surface area contributed by atoms with Gasteiger partial charge in [0.15, 0.2) is 0 Å². The highest BCUT2D eigenvalue weighted by Crippen LogP contribution is 2.33. The molecule has 0 atom stereocenters. The Morgan fingerprint density at radius 2 is 2.31 bits per heavy atom. The average molecular weight is 177 g/mol. The van der Waals surface area contributed by atoms with Crippen LogP contribution in [-0.2, 0) is 6.42 Å². The first-order chi connectivity index (χ1) is 6.33. The summed E-state index contributed by atoms with van der Waals surface area (Å²) in [6.45, 7) is 5.99. The lowest BCUT2D eigenvalue weighted by Gasteiger charge is -2.22. The summed E-state index contributed by atoms with van der Waals surface area (Å²) in [4.78, 5) is 0. The number of nitrogens with one attached hydrogen (secondary N) is 1. The fourth-order valence-electron chi connectivity index (χ4n) is 1.78. The van der Waals surface area contributed by atoms with Crippen LogP contribution < -0.4 is 10.1 Å². The van der Waals surface area contributed by atoms with Crippen LogP contribution in [-0.4, -0.2) is 13.2 Å². The summed E-state index contributed by atoms with van der Waals surface area (Å²) in [5.41, 5.74) is 3.80. The van der Waals surface area contributed by atoms with E-state index in [4.69, 9.17) is 4.74 Å². The molecule has 1 N–H and O–H groups in total. The van der Waals surface area contributed by atoms with Crippen molar-refractivity contribution in [1.82, 2.24) is 0 Å². The lowest BCUT2D eigenvalue weighted by molar-refractivity contribution is 0.320. The second kappa shape index (κ2) is 3.29. The van der Waals surface area contributed by atoms with E-state index in [9.17, 15) is 0 Å². The molecule has 1 aromatic carbocycles. The van der Waals surface area contributed by atoms with E-state index >= 15 is 0 Å². The maximum atomic E-state index is 5.63. The summed E-state index contributed by atoms with van der Waals surface area (Å²) >= 11 is 0. The first-order valence-electron chi connectivity index (χ1n) is 4.82. The highest BCUT2D eigenvalue weighted by molar-refractivity contribution is 5.63. The van der Waals surface area contributed by atoms with E-state index in [2.05, 4.69) is 31.3 Å². The average Bonchev–Trinajstić information content (AvgIpc) is 2.19. The van der Waals surface area contributed by atoms with Crippen molar-refractivity contribution in [3.63, 3.8) is 0 Å². The molecule has 0 saturated heterocycles. The minimum atomic E-state index is 0.779. The maximum Gasteiger partial charge on any atom is 0.145 e. The van der Waals surface area contributed by atoms with Crippen LogP contribution in [0, 0.1) is 6.92 Å². The normalized spacial score (nSPS) is 14.3. The molecule has 2 rings (SSSR count). The van der Waals surface area contributed by atoms with Gasteiger partial charge in [0.25, 0.3) is 0 Å². The quantitative estimate of drug-likeness (QED) is 0.711. The topological polar surface area (TPSA) is 21.3 Å². The Morgan fingerprint density at radius 3 is 3.08 bits per heavy atom. The highest BCUT2D eigenvalue weighted by Gasteiger charge is 2.13. The predicted octanol–water partition coefficient (Wildman–Crippen LogP) is 2.36. The van der Waals surface area contributed by atoms with Crippen molar-refractivity contribution in [2.24, 2.45) is 0 Å². The van der Waals surface area contributed by atoms with Crippen LogP contribution in [0.4, 0.5) is 5.69 Å². The first-order valence-corrected chi connectivity index (χ1v) is 4.82. The molecule has 13 heavy (non-hydrogen) atoms. The second-order valence-electron chi connectivity index (χ2n) is 3.36. The third kappa shape index (κ3) is 1.37. The molecule has 0 unspecified atom stereocenters. The van der Waals surface area contributed by atoms with Crippen molar-refractivity contribution in [3.8, 4) is 5.75 Å². The van der Waals surface area contributed by atoms with Gasteiger partial charge in [-0.25, -0.2) is 0 Å². The van der Waals surface area contributed by atoms with E-state index in [1.807, 2.05) is 0 Å². The Bertz CT molecular complexity index is 320. The van der Waals surface area contributed by atoms with Crippen molar-refractivity contribution in [3.05, 3.63) is 23.3 Å². The fourth-order valence-corrected chi connectivity index (χ4v) is 1.78. The monoisotopic (exact) mass is 177 g/mol. The third-order valence-corrected chi connectivity index (χ3v) is 2.56. The van der Waals surface area contributed by atoms with Crippen LogP contribution in [0.25, 0.3) is 0 Å². The Labute approximate surface area is 78.9 Å². The van der Waals surface area contributed by atoms with Gasteiger partial charge in [-0.3, -0.25) is 0 Å². The molecule has 0 aliphatic carbocycles. The lowest BCUT2D eigenvalue weighted by atomic mass is 10.0. The zero-order valence-corrected chi connectivity index (χ0v) is 8.18. The second-order valence-corrected chi connectivity index (χ2v) is 3.36. The number of hydrogen-bond donors (Lipinski definition) is 1. The highest BCUT2D eigenvalue weighted by atomic mass is 16.5. The number of fused-ring (bicyclic) bond motifs is 1. The molecule has 0 radical (unpaired) electrons. The van der Waals surface area contributed by atoms with Gasteiger partial charge in [-0.1, -0.05) is 13.0 Å². The fraction of sp³-hybridized carbons (Fsp3) is 0.455. The largest absolute Gasteiger partial charge is 0.489 e. The van der Waals surface area contributed by atoms with Crippen LogP contribution in [0.15, 0.2) is 12.1 Å². The van der Waals surface area contributed by atoms with Gasteiger partial charge >= 0.3 is 0 Å². The molecule has 0 saturated carbocycles. The minimum absolute atomic E-state index is 0.779. The van der Waals surface area contributed by atoms with Crippen molar-refractivity contribution >= 4 is 5.69 Å². The molecule has 1 aliphatic rings. The summed E-state index contributed by atoms with van der Waals surface area (Å²) in [5, 5.41) is 3.33. The number of hydrogen-bond acceptors (Lipinski definition) is 2. The third-order valence-electron chi connectivity index (χ3n) is 2.56. The molecule has 0 amide bonds. The zero-order chi connectivity index (χ0) is 9.26. The molecule has 0 bridgehead atoms. The van der Waals surface area contributed by atoms with Crippen LogP contribution in [0.5, 0.6) is 5.75 Å². The summed E-state index contributed by atoms with van der Waals surface area (Å²) in [7, 11) is 0. The van der Waals surface area contributed by atoms with Crippen molar-refractivity contribution < 1.29 is 4.74 Å². The van der Waals surface area contributed by atoms with E-state index in [1.165, 1.54) is 11.1 Å². The van der Waals surface area contributed by atoms with Crippen LogP contribution in [0.3, 0.4) is 0 Å². The molecule has 2 nitrogen and oxygen atoms in total. The lowest BCUT2D eigenvalue weighted by Crippen LogP contribution is -2.19. The maximum absolute atomic E-state index is 5.63. The molecule has 0 spiro atoms. The van der Waals surface area contributed by atoms with Gasteiger partial charge in [-0.15, -0.1) is 0 Å². The van der Waals surface area contributed by atoms with E-state index in [1.54, 1.807) is 0 Å². The predicted molar refractivity (Wildman–Crippen MR) is 54.5 cm³/mol. The number of rotatable bonds is 1. The molecular formula is C11H15NO. The van der Waals surface area contributed by atoms with Gasteiger partial charge in [-0.2, -0.15) is 0 Å². The number of anilines is 1. The number of benzene rings is 1. The van der Waals surface area contributed by atoms with Gasteiger partial charge in [0, 0.05) is 6.54 Å². The minimum Gasteiger partial charge on any atom is -0.489 e. The summed E-state index contributed by atoms with van der Waals surface area (Å²) in [6.07, 6.45) is 1.07. The Kier molecular flexibility index (Phi) is 2.13. The number of ether oxygens (including phenoxy) is 1. The molecule has 1 aromatic rings. The molecule has 0 fully saturated rings. The number of aryl methyl sites for hydroxylation is 1. The van der Waals surface area contributed by atoms with Gasteiger partial charge in [-0.05, 0) is 30.5 Å². The van der Waals surface area contributed by atoms with Gasteiger partial charge in [0.2, 0.25) is 0 Å². The van der Waals surface area contributed by atoms with E-state index < -0.39 is 0 Å². The standard InChI is InChI=1S/C11H15NO/c1-3-9-4-5-10-11(8(9)2)13-7-6-12-10/h4-5,12H,3,6-7H2,1-2H3. The van der Waals surface area contributed by atoms with Crippen LogP contribution in [0.1, 0.15) is 18.1 Å². The van der Waals surface area contributed by atoms with E-state index in [0.29, 0.717) is 0 Å². The zero-order valence-electron chi connectivity index (χ0n) is 8.18. The van der Waals surface area contributed by atoms with Crippen LogP contribution in [0.2, 0.25) is 0 Å². The SMILES string of the molecule is CCc1ccc2c(c1C)OCCN2. The molecule has 2 heteroatoms. The van der Waals surface area contributed by atoms with E-state index in [-0.39, 0.29) is 0 Å². The van der Waals surface area contributed by atoms with Crippen molar-refractivity contribution in [2.45, 2.75) is 20.3 Å². The van der Waals surface area contributed by atoms with Crippen molar-refractivity contribution in [1.29, 1.82) is 0 Å². The summed E-state index contributed by atoms with van der Waals surface area (Å²) < 4.78 is 5.63. The van der Waals surface area contributed by atoms with Gasteiger partial charge in [0.05, 0.1) is 5.69 Å². The van der Waals surface area contributed by atoms with Gasteiger partial charge in [0.1, 0.15) is 12.4 Å². The summed E-state index contributed by atoms with van der Waals surface area (Å²) in [5.74, 6) is 1.05. The molecule has 70 valence electrons. The molecule has 1 heterocycles. The van der Waals surface area contributed by atoms with Crippen LogP contribution >= 0.6 is 0 Å². The molecule has 0 aromatic heterocycles.